The first-order valence-corrected chi connectivity index (χ1v) is 7.30. The molecule has 0 heterocycles. The maximum atomic E-state index is 12.3. The van der Waals surface area contributed by atoms with Gasteiger partial charge in [0, 0.05) is 12.3 Å². The van der Waals surface area contributed by atoms with Crippen molar-refractivity contribution >= 4 is 17.4 Å². The summed E-state index contributed by atoms with van der Waals surface area (Å²) in [7, 11) is 0. The van der Waals surface area contributed by atoms with Crippen molar-refractivity contribution < 1.29 is 4.79 Å². The Labute approximate surface area is 124 Å². The van der Waals surface area contributed by atoms with Crippen LogP contribution in [0.3, 0.4) is 0 Å². The molecule has 3 atom stereocenters. The number of Topliss-reactive ketones (excluding diaryl/α,β-unsaturated/α-hetero) is 1. The average Bonchev–Trinajstić information content (AvgIpc) is 2.71. The third-order valence-corrected chi connectivity index (χ3v) is 4.77. The fourth-order valence-corrected chi connectivity index (χ4v) is 3.64. The number of alkyl halides is 1. The normalized spacial score (nSPS) is 29.6. The van der Waals surface area contributed by atoms with Crippen LogP contribution >= 0.6 is 11.6 Å². The molecule has 1 saturated carbocycles. The molecule has 0 spiro atoms. The third-order valence-electron chi connectivity index (χ3n) is 4.32. The number of hydrogen-bond acceptors (Lipinski definition) is 1. The molecule has 2 aromatic carbocycles. The van der Waals surface area contributed by atoms with Crippen molar-refractivity contribution in [1.29, 1.82) is 0 Å². The number of carbonyl (C=O) groups is 1. The summed E-state index contributed by atoms with van der Waals surface area (Å²) < 4.78 is 0. The summed E-state index contributed by atoms with van der Waals surface area (Å²) in [5.41, 5.74) is 2.34. The van der Waals surface area contributed by atoms with Gasteiger partial charge in [-0.1, -0.05) is 60.7 Å². The number of hydrogen-bond donors (Lipinski definition) is 0. The Morgan fingerprint density at radius 2 is 1.45 bits per heavy atom. The molecule has 0 saturated heterocycles. The number of ketones is 1. The first-order valence-electron chi connectivity index (χ1n) is 6.93. The van der Waals surface area contributed by atoms with E-state index in [9.17, 15) is 4.79 Å². The number of rotatable bonds is 2. The molecule has 0 radical (unpaired) electrons. The van der Waals surface area contributed by atoms with Crippen LogP contribution < -0.4 is 0 Å². The fourth-order valence-electron chi connectivity index (χ4n) is 3.28. The van der Waals surface area contributed by atoms with Crippen LogP contribution in [0.1, 0.15) is 36.3 Å². The maximum Gasteiger partial charge on any atom is 0.154 e. The molecule has 2 aromatic rings. The second kappa shape index (κ2) is 5.06. The highest BCUT2D eigenvalue weighted by Crippen LogP contribution is 2.52. The van der Waals surface area contributed by atoms with Gasteiger partial charge in [0.25, 0.3) is 0 Å². The zero-order valence-corrected chi connectivity index (χ0v) is 12.2. The summed E-state index contributed by atoms with van der Waals surface area (Å²) in [5, 5.41) is 0. The largest absolute Gasteiger partial charge is 0.298 e. The van der Waals surface area contributed by atoms with E-state index in [-0.39, 0.29) is 17.6 Å². The monoisotopic (exact) mass is 284 g/mol. The Morgan fingerprint density at radius 3 is 2.00 bits per heavy atom. The molecule has 1 aliphatic rings. The van der Waals surface area contributed by atoms with Crippen LogP contribution in [0.15, 0.2) is 60.7 Å². The molecule has 0 aromatic heterocycles. The molecule has 102 valence electrons. The van der Waals surface area contributed by atoms with Gasteiger partial charge in [-0.25, -0.2) is 0 Å². The summed E-state index contributed by atoms with van der Waals surface area (Å²) in [6, 6.07) is 20.4. The lowest BCUT2D eigenvalue weighted by Crippen LogP contribution is -2.29. The first-order chi connectivity index (χ1) is 9.60. The van der Waals surface area contributed by atoms with Crippen molar-refractivity contribution in [3.05, 3.63) is 71.8 Å². The lowest BCUT2D eigenvalue weighted by Gasteiger charge is -2.28. The minimum atomic E-state index is -0.818. The smallest absolute Gasteiger partial charge is 0.154 e. The molecule has 1 fully saturated rings. The Bertz CT molecular complexity index is 604. The average molecular weight is 285 g/mol. The molecule has 1 nitrogen and oxygen atoms in total. The third kappa shape index (κ3) is 2.16. The summed E-state index contributed by atoms with van der Waals surface area (Å²) in [6.07, 6.45) is 0.517. The van der Waals surface area contributed by atoms with E-state index in [1.165, 1.54) is 5.56 Å². The molecule has 3 rings (SSSR count). The van der Waals surface area contributed by atoms with E-state index >= 15 is 0 Å². The van der Waals surface area contributed by atoms with Gasteiger partial charge in [0.05, 0.1) is 0 Å². The van der Waals surface area contributed by atoms with Crippen molar-refractivity contribution in [3.63, 3.8) is 0 Å². The fraction of sp³-hybridized carbons (Fsp3) is 0.278. The molecule has 0 amide bonds. The molecule has 20 heavy (non-hydrogen) atoms. The number of halogens is 1. The van der Waals surface area contributed by atoms with E-state index < -0.39 is 4.87 Å². The maximum absolute atomic E-state index is 12.3. The van der Waals surface area contributed by atoms with Gasteiger partial charge in [-0.05, 0) is 24.0 Å². The summed E-state index contributed by atoms with van der Waals surface area (Å²) in [6.45, 7) is 1.86. The zero-order valence-electron chi connectivity index (χ0n) is 11.4. The van der Waals surface area contributed by atoms with Crippen molar-refractivity contribution in [3.8, 4) is 0 Å². The van der Waals surface area contributed by atoms with Crippen molar-refractivity contribution in [2.45, 2.75) is 30.1 Å². The number of carbonyl (C=O) groups excluding carboxylic acids is 1. The molecule has 0 N–H and O–H groups in total. The Hall–Kier alpha value is -1.60. The number of benzene rings is 2. The van der Waals surface area contributed by atoms with Gasteiger partial charge in [-0.3, -0.25) is 4.79 Å². The van der Waals surface area contributed by atoms with Gasteiger partial charge >= 0.3 is 0 Å². The van der Waals surface area contributed by atoms with Crippen molar-refractivity contribution in [2.75, 3.05) is 0 Å². The summed E-state index contributed by atoms with van der Waals surface area (Å²) in [5.74, 6) is 0.329. The standard InChI is InChI=1S/C18H17ClO/c1-18(19)16(20)12-15(13-8-4-2-5-9-13)17(18)14-10-6-3-7-11-14/h2-11,15,17H,12H2,1H3/t15-,17+,18-/m0/s1. The Kier molecular flexibility index (Phi) is 3.39. The van der Waals surface area contributed by atoms with Crippen molar-refractivity contribution in [1.82, 2.24) is 0 Å². The van der Waals surface area contributed by atoms with Gasteiger partial charge in [-0.15, -0.1) is 11.6 Å². The van der Waals surface area contributed by atoms with E-state index in [1.54, 1.807) is 0 Å². The highest BCUT2D eigenvalue weighted by Gasteiger charge is 2.51. The summed E-state index contributed by atoms with van der Waals surface area (Å²) >= 11 is 6.61. The van der Waals surface area contributed by atoms with E-state index in [2.05, 4.69) is 24.3 Å². The molecule has 2 heteroatoms. The molecule has 1 aliphatic carbocycles. The predicted octanol–water partition coefficient (Wildman–Crippen LogP) is 4.52. The second-order valence-corrected chi connectivity index (χ2v) is 6.39. The van der Waals surface area contributed by atoms with Crippen LogP contribution in [0, 0.1) is 0 Å². The Balaban J connectivity index is 2.08. The molecule has 0 bridgehead atoms. The van der Waals surface area contributed by atoms with E-state index in [4.69, 9.17) is 11.6 Å². The highest BCUT2D eigenvalue weighted by molar-refractivity contribution is 6.36. The van der Waals surface area contributed by atoms with Gasteiger partial charge in [-0.2, -0.15) is 0 Å². The van der Waals surface area contributed by atoms with Crippen LogP contribution in [-0.2, 0) is 4.79 Å². The lowest BCUT2D eigenvalue weighted by molar-refractivity contribution is -0.119. The van der Waals surface area contributed by atoms with Gasteiger partial charge in [0.1, 0.15) is 4.87 Å². The predicted molar refractivity (Wildman–Crippen MR) is 82.2 cm³/mol. The second-order valence-electron chi connectivity index (χ2n) is 5.61. The molecular formula is C18H17ClO. The first kappa shape index (κ1) is 13.4. The van der Waals surface area contributed by atoms with Crippen molar-refractivity contribution in [2.24, 2.45) is 0 Å². The zero-order chi connectivity index (χ0) is 14.2. The minimum absolute atomic E-state index is 0.0280. The molecule has 0 aliphatic heterocycles. The lowest BCUT2D eigenvalue weighted by atomic mass is 9.80. The SMILES string of the molecule is C[C@]1(Cl)C(=O)C[C@@H](c2ccccc2)[C@H]1c1ccccc1. The van der Waals surface area contributed by atoms with Crippen LogP contribution in [0.4, 0.5) is 0 Å². The summed E-state index contributed by atoms with van der Waals surface area (Å²) in [4.78, 5) is 11.5. The van der Waals surface area contributed by atoms with Gasteiger partial charge < -0.3 is 0 Å². The Morgan fingerprint density at radius 1 is 0.950 bits per heavy atom. The van der Waals surface area contributed by atoms with Crippen LogP contribution in [0.2, 0.25) is 0 Å². The highest BCUT2D eigenvalue weighted by atomic mass is 35.5. The molecule has 0 unspecified atom stereocenters. The minimum Gasteiger partial charge on any atom is -0.298 e. The topological polar surface area (TPSA) is 17.1 Å². The van der Waals surface area contributed by atoms with Crippen LogP contribution in [0.5, 0.6) is 0 Å². The van der Waals surface area contributed by atoms with E-state index in [0.29, 0.717) is 6.42 Å². The van der Waals surface area contributed by atoms with Gasteiger partial charge in [0.2, 0.25) is 0 Å². The van der Waals surface area contributed by atoms with Gasteiger partial charge in [0.15, 0.2) is 5.78 Å². The van der Waals surface area contributed by atoms with E-state index in [1.807, 2.05) is 43.3 Å². The van der Waals surface area contributed by atoms with Crippen LogP contribution in [-0.4, -0.2) is 10.7 Å². The molecular weight excluding hydrogens is 268 g/mol. The van der Waals surface area contributed by atoms with E-state index in [0.717, 1.165) is 5.56 Å². The quantitative estimate of drug-likeness (QED) is 0.741. The van der Waals surface area contributed by atoms with Crippen LogP contribution in [0.25, 0.3) is 0 Å².